The van der Waals surface area contributed by atoms with Crippen molar-refractivity contribution in [2.24, 2.45) is 115 Å². The van der Waals surface area contributed by atoms with Crippen LogP contribution in [0, 0.1) is 188 Å². The highest BCUT2D eigenvalue weighted by Crippen LogP contribution is 2.55. The van der Waals surface area contributed by atoms with Gasteiger partial charge in [-0.1, -0.05) is 156 Å². The number of nitrogens with two attached hydrogens (primary N) is 1. The number of nitrogens with zero attached hydrogens (tertiary/aromatic N) is 7. The average molecular weight is 2030 g/mol. The minimum Gasteiger partial charge on any atom is -0.462 e. The SMILES string of the molecule is C.C.C.CC#CC#CC#CC#CC#CC#CC#CC.CC(C)COC(=O)OC[C@@H]1C=C[C@H](n2cnc3c(=O)[nH]c(N)nc32)C1.CCC(C)(C)C(=O)O[C@H]1CC=CC2=CC(=O)[C@H](C)[C@H](CC[C@@H]3C[C@@H](O)CC(=O)O3)[C@H]21.CCC(C)(C)C(=O)O[C@H]1C[C@@H](C)C[C@@H]2C(C)=C[C@H](C)[C@H](CC[C@@H]3C[C@@H](O)CC(=O)O3)[C@@H]12.CC[C@@H](C)C(=O)O[C@H]1CC(F)(F)C[C@@H]2CC[C@H](C)[C@H](CC[C@@H]3C[C@@H](O)CC(=O)O3)[C@H]21.N=N/N=N/N(OO)OO.[HH].[HH].[HH].[HH].[HH].[HH].[HH]. The van der Waals surface area contributed by atoms with Crippen molar-refractivity contribution >= 4 is 64.9 Å². The van der Waals surface area contributed by atoms with Crippen molar-refractivity contribution < 1.29 is 131 Å². The zero-order chi connectivity index (χ0) is 104. The quantitative estimate of drug-likeness (QED) is 0.00783. The third-order valence-corrected chi connectivity index (χ3v) is 28.0. The average Bonchev–Trinajstić information content (AvgIpc) is 1.65. The smallest absolute Gasteiger partial charge is 0.462 e. The standard InChI is InChI=1S/C26H42O5.C24H34O6.C23H36F2O5.C16H21N5O4.C16H6.3CH4.H3N5O4.7H2/c1-7-26(5,6)25(29)31-22-11-15(2)10-21-17(4)12-16(3)20(24(21)22)9-8-19-13-18(27)14-23(28)30-19;1-5-24(3,4)23(28)30-20-8-6-7-15-11-19(26)14(2)18(22(15)20)10-9-17-12-16(25)13-21(27)29-17;1-4-13(2)22(28)30-19-12-23(24,25)11-15-6-5-14(3)18(21(15)19)8-7-17-9-16(26)10-20(27)29-17;1-9(2)6-24-16(23)25-7-10-3-4-11(5-10)21-8-18-12-13(21)19-15(17)20-14(12)22;1-3-5-7-9-11-13-15-16-14-12-10-8-6-4-2;;;;1-2-3-4-5(8-6)9-7;;;;;;;/h12,15-16,18-22,24,27H,7-11,13-14H2,1-6H3;6-7,11,14,16-18,20,22,25H,5,8-10,12-13H2,1-4H3;13-19,21,26H,4-12H2,1-3H3;3-4,8-11H,5-7H2,1-2H3,(H3,17,19,20,22);1-2H3;3*1H4;1,6-7H;7*1H/b;;;;;;;;2-1?,4-3+;;;;;;;/t15-,16-,18+,19+,20-,21+,22-,24+;14-,16-,17-,18+,20+,22+;13-,14+,15+,16-,17-,18+,19+,21+;10-,11+;;;;;;;;;;;;/m0111............/s1. The van der Waals surface area contributed by atoms with Gasteiger partial charge in [0.2, 0.25) is 5.95 Å². The van der Waals surface area contributed by atoms with Crippen LogP contribution < -0.4 is 11.3 Å². The van der Waals surface area contributed by atoms with Crippen LogP contribution in [-0.2, 0) is 81.4 Å². The predicted octanol–water partition coefficient (Wildman–Crippen LogP) is 19.8. The van der Waals surface area contributed by atoms with Gasteiger partial charge in [-0.05, 0) is 278 Å². The van der Waals surface area contributed by atoms with Gasteiger partial charge in [-0.3, -0.25) is 43.3 Å². The van der Waals surface area contributed by atoms with E-state index in [1.807, 2.05) is 93.5 Å². The number of H-pyrrole nitrogens is 1. The fourth-order valence-corrected chi connectivity index (χ4v) is 19.8. The molecule has 2 aromatic rings. The Morgan fingerprint density at radius 1 is 0.674 bits per heavy atom. The van der Waals surface area contributed by atoms with Crippen LogP contribution >= 0.6 is 0 Å². The maximum Gasteiger partial charge on any atom is 0.508 e. The number of alkyl halides is 2. The lowest BCUT2D eigenvalue weighted by Gasteiger charge is -2.50. The van der Waals surface area contributed by atoms with Crippen molar-refractivity contribution in [2.75, 3.05) is 18.9 Å². The first kappa shape index (κ1) is 125. The molecule has 0 aromatic carbocycles. The zero-order valence-electron chi connectivity index (χ0n) is 84.1. The number of ether oxygens (including phenoxy) is 8. The second kappa shape index (κ2) is 61.0. The molecule has 2 aromatic heterocycles. The number of aromatic nitrogens is 4. The number of nitrogens with one attached hydrogen (secondary N) is 2. The Kier molecular flexibility index (Phi) is 52.8. The summed E-state index contributed by atoms with van der Waals surface area (Å²) in [6, 6.07) is -0.0287. The maximum atomic E-state index is 14.5. The molecular weight excluding hydrogens is 1860 g/mol. The summed E-state index contributed by atoms with van der Waals surface area (Å²) in [5, 5.41) is 52.4. The molecule has 3 saturated heterocycles. The number of carbonyl (C=O) groups excluding carboxylic acids is 8. The number of aliphatic hydroxyl groups is 3. The first-order valence-electron chi connectivity index (χ1n) is 48.9. The molecule has 808 valence electrons. The normalized spacial score (nSPS) is 28.1. The molecule has 3 saturated carbocycles. The van der Waals surface area contributed by atoms with Gasteiger partial charge in [-0.2, -0.15) is 10.5 Å². The number of esters is 6. The summed E-state index contributed by atoms with van der Waals surface area (Å²) in [5.41, 5.74) is 13.3. The van der Waals surface area contributed by atoms with Crippen molar-refractivity contribution in [1.82, 2.24) is 24.9 Å². The number of nitrogen functional groups attached to an aromatic ring is 1. The molecule has 0 bridgehead atoms. The number of fused-ring (bicyclic) bond motifs is 4. The Hall–Kier alpha value is -11.6. The molecule has 5 heterocycles. The van der Waals surface area contributed by atoms with E-state index in [9.17, 15) is 67.3 Å². The number of rotatable bonds is 27. The molecule has 144 heavy (non-hydrogen) atoms. The second-order valence-corrected chi connectivity index (χ2v) is 39.8. The number of cyclic esters (lactones) is 3. The van der Waals surface area contributed by atoms with Crippen molar-refractivity contribution in [3.63, 3.8) is 0 Å². The molecule has 0 amide bonds. The highest BCUT2D eigenvalue weighted by molar-refractivity contribution is 5.94. The van der Waals surface area contributed by atoms with Gasteiger partial charge in [0.25, 0.3) is 11.5 Å². The Bertz CT molecular complexity index is 5290. The van der Waals surface area contributed by atoms with E-state index in [0.717, 1.165) is 56.9 Å². The number of hydrogen-bond donors (Lipinski definition) is 8. The number of anilines is 1. The molecule has 0 radical (unpaired) electrons. The molecule has 7 aliphatic carbocycles. The van der Waals surface area contributed by atoms with Crippen LogP contribution in [0.4, 0.5) is 19.5 Å². The van der Waals surface area contributed by atoms with E-state index in [1.165, 1.54) is 5.57 Å². The lowest BCUT2D eigenvalue weighted by molar-refractivity contribution is -0.587. The van der Waals surface area contributed by atoms with Gasteiger partial charge in [0.1, 0.15) is 43.2 Å². The summed E-state index contributed by atoms with van der Waals surface area (Å²) >= 11 is 0. The van der Waals surface area contributed by atoms with Crippen LogP contribution in [0.25, 0.3) is 11.2 Å². The number of ketones is 1. The molecule has 0 spiro atoms. The number of hydrogen-bond acceptors (Lipinski definition) is 29. The molecule has 24 atom stereocenters. The summed E-state index contributed by atoms with van der Waals surface area (Å²) in [6.07, 6.45) is 21.2. The minimum absolute atomic E-state index is 0. The molecule has 12 rings (SSSR count). The fourth-order valence-electron chi connectivity index (χ4n) is 19.8. The summed E-state index contributed by atoms with van der Waals surface area (Å²) in [6.45, 7) is 34.1. The van der Waals surface area contributed by atoms with Crippen molar-refractivity contribution in [3.05, 3.63) is 64.3 Å². The van der Waals surface area contributed by atoms with Crippen LogP contribution in [0.3, 0.4) is 0 Å². The lowest BCUT2D eigenvalue weighted by Crippen LogP contribution is -2.51. The summed E-state index contributed by atoms with van der Waals surface area (Å²) in [5.74, 6) is 33.2. The monoisotopic (exact) mass is 2030 g/mol. The van der Waals surface area contributed by atoms with E-state index >= 15 is 0 Å². The molecule has 9 N–H and O–H groups in total. The van der Waals surface area contributed by atoms with E-state index in [1.54, 1.807) is 37.7 Å². The van der Waals surface area contributed by atoms with E-state index in [2.05, 4.69) is 157 Å². The van der Waals surface area contributed by atoms with E-state index in [4.69, 9.17) is 59.7 Å². The second-order valence-electron chi connectivity index (χ2n) is 39.8. The van der Waals surface area contributed by atoms with Crippen molar-refractivity contribution in [3.8, 4) is 82.9 Å². The summed E-state index contributed by atoms with van der Waals surface area (Å²) in [7, 11) is 0. The first-order valence-corrected chi connectivity index (χ1v) is 48.9. The van der Waals surface area contributed by atoms with Gasteiger partial charge >= 0.3 is 42.0 Å². The van der Waals surface area contributed by atoms with Gasteiger partial charge in [0.05, 0.1) is 78.6 Å². The number of carbonyl (C=O) groups is 8. The van der Waals surface area contributed by atoms with Gasteiger partial charge < -0.3 is 63.5 Å². The number of aromatic amines is 1. The fraction of sp³-hybridized carbons (Fsp3) is 0.676. The molecule has 0 unspecified atom stereocenters. The third kappa shape index (κ3) is 38.7. The van der Waals surface area contributed by atoms with Crippen LogP contribution in [0.5, 0.6) is 0 Å². The summed E-state index contributed by atoms with van der Waals surface area (Å²) < 4.78 is 75.1. The number of aliphatic hydroxyl groups excluding tert-OH is 3. The van der Waals surface area contributed by atoms with Gasteiger partial charge in [-0.15, -0.1) is 0 Å². The minimum atomic E-state index is -2.81. The molecule has 10 aliphatic rings. The van der Waals surface area contributed by atoms with Crippen LogP contribution in [0.1, 0.15) is 304 Å². The van der Waals surface area contributed by atoms with E-state index < -0.39 is 53.7 Å². The molecule has 34 nitrogen and oxygen atoms in total. The Balaban J connectivity index is -0.000000871. The van der Waals surface area contributed by atoms with E-state index in [0.29, 0.717) is 112 Å². The van der Waals surface area contributed by atoms with E-state index in [-0.39, 0.29) is 218 Å². The molecular formula is C108H168F2N10O24. The predicted molar refractivity (Wildman–Crippen MR) is 549 cm³/mol. The Labute approximate surface area is 858 Å². The number of halogens is 2. The maximum absolute atomic E-state index is 14.5. The zero-order valence-corrected chi connectivity index (χ0v) is 84.1. The first-order chi connectivity index (χ1) is 66.9. The number of allylic oxidation sites excluding steroid dienone is 5. The van der Waals surface area contributed by atoms with Crippen molar-refractivity contribution in [1.29, 1.82) is 5.53 Å². The van der Waals surface area contributed by atoms with Gasteiger partial charge in [-0.25, -0.2) is 29.1 Å². The highest BCUT2D eigenvalue weighted by atomic mass is 19.3. The van der Waals surface area contributed by atoms with Gasteiger partial charge in [0.15, 0.2) is 16.9 Å². The lowest BCUT2D eigenvalue weighted by atomic mass is 9.58. The number of imidazole rings is 1. The largest absolute Gasteiger partial charge is 0.508 e. The van der Waals surface area contributed by atoms with Crippen molar-refractivity contribution in [2.45, 2.75) is 355 Å². The van der Waals surface area contributed by atoms with Crippen LogP contribution in [0.2, 0.25) is 0 Å². The van der Waals surface area contributed by atoms with Crippen LogP contribution in [-0.4, -0.2) is 173 Å². The Morgan fingerprint density at radius 2 is 1.19 bits per heavy atom. The third-order valence-electron chi connectivity index (χ3n) is 28.0. The molecule has 36 heteroatoms. The summed E-state index contributed by atoms with van der Waals surface area (Å²) in [4.78, 5) is 126. The highest BCUT2D eigenvalue weighted by Gasteiger charge is 2.55. The molecule has 3 aliphatic heterocycles. The van der Waals surface area contributed by atoms with Crippen LogP contribution in [0.15, 0.2) is 74.4 Å². The topological polar surface area (TPSA) is 484 Å². The Morgan fingerprint density at radius 3 is 1.68 bits per heavy atom. The van der Waals surface area contributed by atoms with Gasteiger partial charge in [0, 0.05) is 83.3 Å². The molecule has 6 fully saturated rings.